The number of rotatable bonds is 8. The first-order valence-corrected chi connectivity index (χ1v) is 11.2. The van der Waals surface area contributed by atoms with E-state index in [1.165, 1.54) is 19.0 Å². The van der Waals surface area contributed by atoms with E-state index < -0.39 is 0 Å². The molecule has 2 heterocycles. The average Bonchev–Trinajstić information content (AvgIpc) is 3.72. The Hall–Kier alpha value is -3.42. The first kappa shape index (κ1) is 20.5. The number of aromatic nitrogens is 3. The Balaban J connectivity index is 1.29. The summed E-state index contributed by atoms with van der Waals surface area (Å²) < 4.78 is 5.73. The zero-order chi connectivity index (χ0) is 22.2. The second-order valence-corrected chi connectivity index (χ2v) is 8.98. The van der Waals surface area contributed by atoms with Crippen LogP contribution in [0.25, 0.3) is 22.7 Å². The van der Waals surface area contributed by atoms with Crippen molar-refractivity contribution in [3.05, 3.63) is 48.0 Å². The number of aromatic amines is 1. The maximum Gasteiger partial charge on any atom is 0.288 e. The van der Waals surface area contributed by atoms with Crippen molar-refractivity contribution >= 4 is 11.8 Å². The van der Waals surface area contributed by atoms with E-state index >= 15 is 0 Å². The van der Waals surface area contributed by atoms with Crippen LogP contribution in [0.4, 0.5) is 0 Å². The van der Waals surface area contributed by atoms with E-state index in [9.17, 15) is 9.59 Å². The Morgan fingerprint density at radius 3 is 2.34 bits per heavy atom. The van der Waals surface area contributed by atoms with E-state index in [-0.39, 0.29) is 29.7 Å². The maximum absolute atomic E-state index is 12.5. The molecule has 2 aliphatic carbocycles. The molecule has 2 aliphatic rings. The van der Waals surface area contributed by atoms with Crippen molar-refractivity contribution in [2.75, 3.05) is 0 Å². The second kappa shape index (κ2) is 8.26. The summed E-state index contributed by atoms with van der Waals surface area (Å²) >= 11 is 0. The van der Waals surface area contributed by atoms with Crippen molar-refractivity contribution in [1.29, 1.82) is 0 Å². The van der Waals surface area contributed by atoms with Crippen molar-refractivity contribution < 1.29 is 14.0 Å². The van der Waals surface area contributed by atoms with E-state index in [0.29, 0.717) is 23.4 Å². The van der Waals surface area contributed by atoms with Gasteiger partial charge in [0.1, 0.15) is 0 Å². The van der Waals surface area contributed by atoms with Gasteiger partial charge < -0.3 is 15.1 Å². The SMILES string of the molecule is C[C@H](NC(=O)c1cc(-c2cccc(-c3ncc(C(=O)N[C@H](C)C4CC4)o3)c2)[nH]n1)C1CC1. The molecule has 3 aromatic rings. The fraction of sp³-hybridized carbons (Fsp3) is 0.417. The predicted molar refractivity (Wildman–Crippen MR) is 119 cm³/mol. The highest BCUT2D eigenvalue weighted by atomic mass is 16.4. The van der Waals surface area contributed by atoms with Gasteiger partial charge in [-0.2, -0.15) is 5.10 Å². The molecule has 3 N–H and O–H groups in total. The van der Waals surface area contributed by atoms with E-state index in [2.05, 4.69) is 25.8 Å². The Kier molecular flexibility index (Phi) is 5.28. The monoisotopic (exact) mass is 433 g/mol. The molecule has 32 heavy (non-hydrogen) atoms. The number of nitrogens with zero attached hydrogens (tertiary/aromatic N) is 2. The molecule has 2 aromatic heterocycles. The number of amides is 2. The van der Waals surface area contributed by atoms with Crippen LogP contribution in [-0.2, 0) is 0 Å². The summed E-state index contributed by atoms with van der Waals surface area (Å²) in [4.78, 5) is 29.1. The van der Waals surface area contributed by atoms with Gasteiger partial charge in [0, 0.05) is 23.2 Å². The lowest BCUT2D eigenvalue weighted by Crippen LogP contribution is -2.34. The molecule has 8 nitrogen and oxygen atoms in total. The number of hydrogen-bond acceptors (Lipinski definition) is 5. The molecule has 2 atom stereocenters. The summed E-state index contributed by atoms with van der Waals surface area (Å²) in [5.74, 6) is 1.29. The van der Waals surface area contributed by atoms with E-state index in [0.717, 1.165) is 29.7 Å². The van der Waals surface area contributed by atoms with Gasteiger partial charge in [-0.15, -0.1) is 0 Å². The van der Waals surface area contributed by atoms with Crippen LogP contribution in [0.15, 0.2) is 40.9 Å². The lowest BCUT2D eigenvalue weighted by molar-refractivity contribution is 0.0906. The second-order valence-electron chi connectivity index (χ2n) is 8.98. The third-order valence-corrected chi connectivity index (χ3v) is 6.34. The van der Waals surface area contributed by atoms with Crippen molar-refractivity contribution in [2.45, 2.75) is 51.6 Å². The Labute approximate surface area is 186 Å². The van der Waals surface area contributed by atoms with E-state index in [4.69, 9.17) is 4.42 Å². The number of oxazole rings is 1. The molecule has 0 saturated heterocycles. The van der Waals surface area contributed by atoms with Gasteiger partial charge in [-0.1, -0.05) is 12.1 Å². The molecule has 0 aliphatic heterocycles. The van der Waals surface area contributed by atoms with Crippen molar-refractivity contribution in [1.82, 2.24) is 25.8 Å². The number of H-pyrrole nitrogens is 1. The summed E-state index contributed by atoms with van der Waals surface area (Å²) in [6, 6.07) is 9.59. The number of hydrogen-bond donors (Lipinski definition) is 3. The molecule has 2 fully saturated rings. The standard InChI is InChI=1S/C24H27N5O3/c1-13(15-6-7-15)26-22(30)20-11-19(28-29-20)17-4-3-5-18(10-17)24-25-12-21(32-24)23(31)27-14(2)16-8-9-16/h3-5,10-16H,6-9H2,1-2H3,(H,26,30)(H,27,31)(H,28,29)/t13-,14+/m0/s1. The molecule has 2 amide bonds. The molecule has 0 bridgehead atoms. The molecule has 0 spiro atoms. The van der Waals surface area contributed by atoms with E-state index in [1.54, 1.807) is 6.07 Å². The van der Waals surface area contributed by atoms with Gasteiger partial charge in [0.05, 0.1) is 11.9 Å². The first-order valence-electron chi connectivity index (χ1n) is 11.2. The minimum Gasteiger partial charge on any atom is -0.431 e. The van der Waals surface area contributed by atoms with Crippen LogP contribution in [0.3, 0.4) is 0 Å². The van der Waals surface area contributed by atoms with E-state index in [1.807, 2.05) is 38.1 Å². The van der Waals surface area contributed by atoms with Crippen LogP contribution in [0.1, 0.15) is 60.6 Å². The third-order valence-electron chi connectivity index (χ3n) is 6.34. The van der Waals surface area contributed by atoms with Gasteiger partial charge >= 0.3 is 0 Å². The maximum atomic E-state index is 12.5. The summed E-state index contributed by atoms with van der Waals surface area (Å²) in [5, 5.41) is 13.1. The molecule has 166 valence electrons. The van der Waals surface area contributed by atoms with Gasteiger partial charge in [0.15, 0.2) is 5.69 Å². The summed E-state index contributed by atoms with van der Waals surface area (Å²) in [6.45, 7) is 4.05. The molecule has 2 saturated carbocycles. The Bertz CT molecular complexity index is 1060. The molecular formula is C24H27N5O3. The van der Waals surface area contributed by atoms with Crippen LogP contribution in [0, 0.1) is 11.8 Å². The summed E-state index contributed by atoms with van der Waals surface area (Å²) in [7, 11) is 0. The minimum absolute atomic E-state index is 0.137. The highest BCUT2D eigenvalue weighted by Gasteiger charge is 2.30. The minimum atomic E-state index is -0.246. The largest absolute Gasteiger partial charge is 0.431 e. The topological polar surface area (TPSA) is 113 Å². The fourth-order valence-corrected chi connectivity index (χ4v) is 3.91. The smallest absolute Gasteiger partial charge is 0.288 e. The molecule has 0 radical (unpaired) electrons. The summed E-state index contributed by atoms with van der Waals surface area (Å²) in [5.41, 5.74) is 2.66. The third kappa shape index (κ3) is 4.44. The number of carbonyl (C=O) groups excluding carboxylic acids is 2. The Morgan fingerprint density at radius 1 is 1.00 bits per heavy atom. The highest BCUT2D eigenvalue weighted by Crippen LogP contribution is 2.33. The van der Waals surface area contributed by atoms with Gasteiger partial charge in [0.25, 0.3) is 11.8 Å². The Morgan fingerprint density at radius 2 is 1.66 bits per heavy atom. The van der Waals surface area contributed by atoms with Crippen molar-refractivity contribution in [3.63, 3.8) is 0 Å². The van der Waals surface area contributed by atoms with Crippen LogP contribution in [0.2, 0.25) is 0 Å². The highest BCUT2D eigenvalue weighted by molar-refractivity contribution is 5.93. The molecular weight excluding hydrogens is 406 g/mol. The fourth-order valence-electron chi connectivity index (χ4n) is 3.91. The van der Waals surface area contributed by atoms with Crippen LogP contribution < -0.4 is 10.6 Å². The zero-order valence-corrected chi connectivity index (χ0v) is 18.2. The number of carbonyl (C=O) groups is 2. The summed E-state index contributed by atoms with van der Waals surface area (Å²) in [6.07, 6.45) is 6.11. The molecule has 0 unspecified atom stereocenters. The molecule has 1 aromatic carbocycles. The number of benzene rings is 1. The van der Waals surface area contributed by atoms with Gasteiger partial charge in [-0.25, -0.2) is 4.98 Å². The molecule has 8 heteroatoms. The van der Waals surface area contributed by atoms with Crippen LogP contribution >= 0.6 is 0 Å². The molecule has 5 rings (SSSR count). The number of nitrogens with one attached hydrogen (secondary N) is 3. The van der Waals surface area contributed by atoms with Gasteiger partial charge in [-0.3, -0.25) is 14.7 Å². The first-order chi connectivity index (χ1) is 15.5. The van der Waals surface area contributed by atoms with Gasteiger partial charge in [-0.05, 0) is 69.6 Å². The lowest BCUT2D eigenvalue weighted by atomic mass is 10.1. The quantitative estimate of drug-likeness (QED) is 0.500. The van der Waals surface area contributed by atoms with Crippen LogP contribution in [-0.4, -0.2) is 39.1 Å². The normalized spacial score (nSPS) is 17.6. The van der Waals surface area contributed by atoms with Crippen LogP contribution in [0.5, 0.6) is 0 Å². The zero-order valence-electron chi connectivity index (χ0n) is 18.2. The van der Waals surface area contributed by atoms with Gasteiger partial charge in [0.2, 0.25) is 11.7 Å². The lowest BCUT2D eigenvalue weighted by Gasteiger charge is -2.10. The average molecular weight is 434 g/mol. The predicted octanol–water partition coefficient (Wildman–Crippen LogP) is 3.79. The van der Waals surface area contributed by atoms with Crippen molar-refractivity contribution in [2.24, 2.45) is 11.8 Å². The van der Waals surface area contributed by atoms with Crippen molar-refractivity contribution in [3.8, 4) is 22.7 Å².